The third-order valence-electron chi connectivity index (χ3n) is 6.06. The summed E-state index contributed by atoms with van der Waals surface area (Å²) >= 11 is 0. The van der Waals surface area contributed by atoms with Crippen molar-refractivity contribution < 1.29 is 29.6 Å². The summed E-state index contributed by atoms with van der Waals surface area (Å²) in [5.74, 6) is 0.743. The van der Waals surface area contributed by atoms with E-state index < -0.39 is 30.7 Å². The lowest BCUT2D eigenvalue weighted by atomic mass is 9.78. The fourth-order valence-electron chi connectivity index (χ4n) is 4.00. The summed E-state index contributed by atoms with van der Waals surface area (Å²) in [6, 6.07) is 0. The van der Waals surface area contributed by atoms with Crippen molar-refractivity contribution in [2.45, 2.75) is 97.1 Å². The van der Waals surface area contributed by atoms with Crippen molar-refractivity contribution >= 4 is 5.78 Å². The Kier molecular flexibility index (Phi) is 8.01. The van der Waals surface area contributed by atoms with Crippen LogP contribution in [0.5, 0.6) is 0 Å². The van der Waals surface area contributed by atoms with Gasteiger partial charge in [0.25, 0.3) is 0 Å². The van der Waals surface area contributed by atoms with E-state index in [-0.39, 0.29) is 29.6 Å². The Balaban J connectivity index is 1.93. The smallest absolute Gasteiger partial charge is 0.186 e. The first-order valence-corrected chi connectivity index (χ1v) is 10.2. The molecule has 1 fully saturated rings. The van der Waals surface area contributed by atoms with Crippen molar-refractivity contribution in [2.75, 3.05) is 0 Å². The number of ketones is 1. The van der Waals surface area contributed by atoms with Crippen LogP contribution < -0.4 is 0 Å². The van der Waals surface area contributed by atoms with Gasteiger partial charge in [0, 0.05) is 5.92 Å². The topological polar surface area (TPSA) is 96.2 Å². The summed E-state index contributed by atoms with van der Waals surface area (Å²) in [7, 11) is 0. The van der Waals surface area contributed by atoms with Crippen molar-refractivity contribution in [3.8, 4) is 0 Å². The van der Waals surface area contributed by atoms with Gasteiger partial charge in [-0.25, -0.2) is 0 Å². The third kappa shape index (κ3) is 5.61. The molecule has 1 saturated heterocycles. The van der Waals surface area contributed by atoms with Crippen LogP contribution in [0.25, 0.3) is 0 Å². The largest absolute Gasteiger partial charge is 0.388 e. The molecule has 27 heavy (non-hydrogen) atoms. The molecule has 0 unspecified atom stereocenters. The van der Waals surface area contributed by atoms with E-state index in [2.05, 4.69) is 6.92 Å². The first kappa shape index (κ1) is 22.5. The Bertz CT molecular complexity index is 531. The molecule has 0 aromatic carbocycles. The molecule has 0 aromatic rings. The van der Waals surface area contributed by atoms with E-state index in [0.717, 1.165) is 31.3 Å². The molecule has 6 heteroatoms. The van der Waals surface area contributed by atoms with Gasteiger partial charge >= 0.3 is 0 Å². The zero-order chi connectivity index (χ0) is 20.3. The van der Waals surface area contributed by atoms with Crippen LogP contribution in [-0.4, -0.2) is 57.9 Å². The van der Waals surface area contributed by atoms with E-state index in [0.29, 0.717) is 0 Å². The van der Waals surface area contributed by atoms with Gasteiger partial charge in [-0.3, -0.25) is 4.79 Å². The van der Waals surface area contributed by atoms with E-state index in [1.54, 1.807) is 13.0 Å². The van der Waals surface area contributed by atoms with Gasteiger partial charge < -0.3 is 24.8 Å². The van der Waals surface area contributed by atoms with Crippen molar-refractivity contribution in [1.29, 1.82) is 0 Å². The average Bonchev–Trinajstić information content (AvgIpc) is 2.60. The Hall–Kier alpha value is -0.790. The molecule has 0 aromatic heterocycles. The standard InChI is InChI=1S/C21H36O6/c1-11(2)17(27-21-20(25)19(24)18(23)14(5)26-21)9-7-13(4)15-8-6-12(3)10-16(15)22/h10-11,13-15,17-21,23-25H,6-9H2,1-5H3/t13-,14+,15-,17+,18-,19-,20+,21-/m0/s1. The lowest BCUT2D eigenvalue weighted by Crippen LogP contribution is -2.58. The molecule has 6 nitrogen and oxygen atoms in total. The molecule has 0 amide bonds. The fourth-order valence-corrected chi connectivity index (χ4v) is 4.00. The molecule has 0 saturated carbocycles. The number of hydrogen-bond acceptors (Lipinski definition) is 6. The predicted octanol–water partition coefficient (Wildman–Crippen LogP) is 2.20. The highest BCUT2D eigenvalue weighted by atomic mass is 16.7. The monoisotopic (exact) mass is 384 g/mol. The normalized spacial score (nSPS) is 37.2. The minimum atomic E-state index is -1.29. The maximum absolute atomic E-state index is 12.3. The summed E-state index contributed by atoms with van der Waals surface area (Å²) in [6.45, 7) is 9.84. The van der Waals surface area contributed by atoms with E-state index in [9.17, 15) is 20.1 Å². The molecule has 0 radical (unpaired) electrons. The second kappa shape index (κ2) is 9.61. The van der Waals surface area contributed by atoms with Crippen molar-refractivity contribution in [3.63, 3.8) is 0 Å². The maximum Gasteiger partial charge on any atom is 0.186 e. The summed E-state index contributed by atoms with van der Waals surface area (Å²) in [6.07, 6.45) is -0.223. The van der Waals surface area contributed by atoms with Crippen LogP contribution in [0.4, 0.5) is 0 Å². The van der Waals surface area contributed by atoms with Gasteiger partial charge in [-0.2, -0.15) is 0 Å². The van der Waals surface area contributed by atoms with E-state index in [4.69, 9.17) is 9.47 Å². The first-order chi connectivity index (χ1) is 12.6. The molecule has 3 N–H and O–H groups in total. The van der Waals surface area contributed by atoms with Gasteiger partial charge in [0.05, 0.1) is 12.2 Å². The summed E-state index contributed by atoms with van der Waals surface area (Å²) in [5.41, 5.74) is 1.16. The van der Waals surface area contributed by atoms with Gasteiger partial charge in [0.2, 0.25) is 0 Å². The van der Waals surface area contributed by atoms with Crippen LogP contribution in [0.2, 0.25) is 0 Å². The first-order valence-electron chi connectivity index (χ1n) is 10.2. The fraction of sp³-hybridized carbons (Fsp3) is 0.857. The molecular weight excluding hydrogens is 348 g/mol. The van der Waals surface area contributed by atoms with Gasteiger partial charge in [-0.05, 0) is 57.4 Å². The summed E-state index contributed by atoms with van der Waals surface area (Å²) in [4.78, 5) is 12.3. The van der Waals surface area contributed by atoms with Crippen molar-refractivity contribution in [2.24, 2.45) is 17.8 Å². The van der Waals surface area contributed by atoms with Crippen molar-refractivity contribution in [1.82, 2.24) is 0 Å². The molecule has 0 spiro atoms. The minimum Gasteiger partial charge on any atom is -0.388 e. The quantitative estimate of drug-likeness (QED) is 0.623. The number of aliphatic hydroxyl groups excluding tert-OH is 3. The lowest BCUT2D eigenvalue weighted by molar-refractivity contribution is -0.307. The molecule has 1 aliphatic carbocycles. The third-order valence-corrected chi connectivity index (χ3v) is 6.06. The number of rotatable bonds is 7. The van der Waals surface area contributed by atoms with Crippen LogP contribution in [0.15, 0.2) is 11.6 Å². The molecular formula is C21H36O6. The molecule has 2 rings (SSSR count). The minimum absolute atomic E-state index is 0.0648. The van der Waals surface area contributed by atoms with Gasteiger partial charge in [0.1, 0.15) is 18.3 Å². The van der Waals surface area contributed by atoms with E-state index in [1.165, 1.54) is 0 Å². The van der Waals surface area contributed by atoms with E-state index in [1.807, 2.05) is 20.8 Å². The highest BCUT2D eigenvalue weighted by Gasteiger charge is 2.43. The number of hydrogen-bond donors (Lipinski definition) is 3. The second-order valence-electron chi connectivity index (χ2n) is 8.69. The number of carbonyl (C=O) groups excluding carboxylic acids is 1. The SMILES string of the molecule is CC1=CC(=O)[C@H]([C@@H](C)CC[C@@H](O[C@@H]2O[C@H](C)[C@H](O)[C@H](O)[C@H]2O)C(C)C)CC1. The number of ether oxygens (including phenoxy) is 2. The molecule has 1 heterocycles. The van der Waals surface area contributed by atoms with Gasteiger partial charge in [-0.15, -0.1) is 0 Å². The highest BCUT2D eigenvalue weighted by Crippen LogP contribution is 2.31. The Morgan fingerprint density at radius 1 is 1.15 bits per heavy atom. The van der Waals surface area contributed by atoms with E-state index >= 15 is 0 Å². The Morgan fingerprint density at radius 2 is 1.81 bits per heavy atom. The summed E-state index contributed by atoms with van der Waals surface area (Å²) < 4.78 is 11.6. The predicted molar refractivity (Wildman–Crippen MR) is 102 cm³/mol. The molecule has 0 bridgehead atoms. The maximum atomic E-state index is 12.3. The highest BCUT2D eigenvalue weighted by molar-refractivity contribution is 5.93. The molecule has 1 aliphatic heterocycles. The summed E-state index contributed by atoms with van der Waals surface area (Å²) in [5, 5.41) is 30.0. The van der Waals surface area contributed by atoms with Crippen molar-refractivity contribution in [3.05, 3.63) is 11.6 Å². The molecule has 2 aliphatic rings. The van der Waals surface area contributed by atoms with Crippen LogP contribution in [0, 0.1) is 17.8 Å². The van der Waals surface area contributed by atoms with Crippen LogP contribution in [-0.2, 0) is 14.3 Å². The Labute approximate surface area is 162 Å². The Morgan fingerprint density at radius 3 is 2.41 bits per heavy atom. The molecule has 8 atom stereocenters. The second-order valence-corrected chi connectivity index (χ2v) is 8.69. The average molecular weight is 385 g/mol. The number of aliphatic hydroxyl groups is 3. The zero-order valence-corrected chi connectivity index (χ0v) is 17.2. The van der Waals surface area contributed by atoms with Gasteiger partial charge in [-0.1, -0.05) is 26.3 Å². The lowest BCUT2D eigenvalue weighted by Gasteiger charge is -2.41. The number of carbonyl (C=O) groups is 1. The van der Waals surface area contributed by atoms with Gasteiger partial charge in [0.15, 0.2) is 12.1 Å². The zero-order valence-electron chi connectivity index (χ0n) is 17.2. The number of allylic oxidation sites excluding steroid dienone is 2. The molecule has 156 valence electrons. The van der Waals surface area contributed by atoms with Crippen LogP contribution >= 0.6 is 0 Å². The van der Waals surface area contributed by atoms with Crippen LogP contribution in [0.3, 0.4) is 0 Å². The van der Waals surface area contributed by atoms with Crippen LogP contribution in [0.1, 0.15) is 60.3 Å².